The Kier molecular flexibility index (Phi) is 5.17. The largest absolute Gasteiger partial charge is 0.493 e. The molecule has 0 fully saturated rings. The summed E-state index contributed by atoms with van der Waals surface area (Å²) in [5, 5.41) is 3.28. The van der Waals surface area contributed by atoms with E-state index in [1.165, 1.54) is 5.56 Å². The molecule has 3 aromatic carbocycles. The van der Waals surface area contributed by atoms with Gasteiger partial charge in [-0.25, -0.2) is 0 Å². The highest BCUT2D eigenvalue weighted by Gasteiger charge is 2.34. The molecule has 1 unspecified atom stereocenters. The zero-order valence-electron chi connectivity index (χ0n) is 20.6. The van der Waals surface area contributed by atoms with Crippen LogP contribution in [0.3, 0.4) is 0 Å². The van der Waals surface area contributed by atoms with E-state index in [4.69, 9.17) is 19.2 Å². The highest BCUT2D eigenvalue weighted by atomic mass is 16.5. The Morgan fingerprint density at radius 2 is 1.80 bits per heavy atom. The molecule has 178 valence electrons. The molecule has 5 heteroatoms. The van der Waals surface area contributed by atoms with Crippen LogP contribution in [-0.2, 0) is 33.9 Å². The summed E-state index contributed by atoms with van der Waals surface area (Å²) in [5.74, 6) is 0.840. The minimum absolute atomic E-state index is 0.0235. The molecule has 1 atom stereocenters. The van der Waals surface area contributed by atoms with Crippen molar-refractivity contribution in [1.82, 2.24) is 4.98 Å². The van der Waals surface area contributed by atoms with Gasteiger partial charge in [-0.05, 0) is 78.9 Å². The molecule has 0 aliphatic carbocycles. The van der Waals surface area contributed by atoms with Crippen LogP contribution in [0.1, 0.15) is 56.1 Å². The fraction of sp³-hybridized carbons (Fsp3) is 0.333. The van der Waals surface area contributed by atoms with E-state index in [9.17, 15) is 4.79 Å². The molecule has 0 amide bonds. The van der Waals surface area contributed by atoms with E-state index in [1.54, 1.807) is 6.92 Å². The van der Waals surface area contributed by atoms with Crippen molar-refractivity contribution < 1.29 is 19.0 Å². The summed E-state index contributed by atoms with van der Waals surface area (Å²) in [7, 11) is 0. The van der Waals surface area contributed by atoms with Crippen LogP contribution in [0.4, 0.5) is 0 Å². The number of ketones is 1. The molecule has 0 saturated carbocycles. The number of benzene rings is 3. The lowest BCUT2D eigenvalue weighted by atomic mass is 9.82. The van der Waals surface area contributed by atoms with Gasteiger partial charge in [0, 0.05) is 29.1 Å². The van der Waals surface area contributed by atoms with E-state index in [-0.39, 0.29) is 5.78 Å². The monoisotopic (exact) mass is 467 g/mol. The maximum atomic E-state index is 13.2. The molecule has 0 bridgehead atoms. The zero-order valence-corrected chi connectivity index (χ0v) is 20.6. The van der Waals surface area contributed by atoms with E-state index in [0.717, 1.165) is 61.7 Å². The summed E-state index contributed by atoms with van der Waals surface area (Å²) in [6, 6.07) is 14.6. The predicted octanol–water partition coefficient (Wildman–Crippen LogP) is 6.47. The normalized spacial score (nSPS) is 15.8. The van der Waals surface area contributed by atoms with Crippen LogP contribution in [0, 0.1) is 0 Å². The smallest absolute Gasteiger partial charge is 0.163 e. The number of hydrogen-bond donors (Lipinski definition) is 0. The van der Waals surface area contributed by atoms with E-state index in [0.29, 0.717) is 19.8 Å². The van der Waals surface area contributed by atoms with Crippen LogP contribution in [-0.4, -0.2) is 23.0 Å². The van der Waals surface area contributed by atoms with Gasteiger partial charge < -0.3 is 14.2 Å². The number of Topliss-reactive ketones (excluding diaryl/α,β-unsaturated/α-hetero) is 1. The maximum Gasteiger partial charge on any atom is 0.163 e. The van der Waals surface area contributed by atoms with Crippen molar-refractivity contribution in [1.29, 1.82) is 0 Å². The minimum Gasteiger partial charge on any atom is -0.493 e. The topological polar surface area (TPSA) is 57.7 Å². The van der Waals surface area contributed by atoms with Gasteiger partial charge in [0.1, 0.15) is 11.9 Å². The van der Waals surface area contributed by atoms with E-state index >= 15 is 0 Å². The van der Waals surface area contributed by atoms with E-state index in [1.807, 2.05) is 39.1 Å². The Hall–Kier alpha value is -3.28. The minimum atomic E-state index is -0.716. The lowest BCUT2D eigenvalue weighted by molar-refractivity contribution is -0.138. The second kappa shape index (κ2) is 8.14. The first kappa shape index (κ1) is 22.2. The second-order valence-electron chi connectivity index (χ2n) is 10.4. The van der Waals surface area contributed by atoms with Crippen molar-refractivity contribution >= 4 is 27.5 Å². The zero-order chi connectivity index (χ0) is 24.3. The fourth-order valence-corrected chi connectivity index (χ4v) is 5.55. The molecule has 0 radical (unpaired) electrons. The molecule has 5 nitrogen and oxygen atoms in total. The number of carbonyl (C=O) groups is 1. The van der Waals surface area contributed by atoms with Gasteiger partial charge in [-0.2, -0.15) is 0 Å². The van der Waals surface area contributed by atoms with Gasteiger partial charge in [-0.1, -0.05) is 24.3 Å². The molecule has 0 spiro atoms. The van der Waals surface area contributed by atoms with Crippen molar-refractivity contribution in [2.45, 2.75) is 59.0 Å². The van der Waals surface area contributed by atoms with E-state index < -0.39 is 11.7 Å². The third kappa shape index (κ3) is 3.62. The molecule has 3 heterocycles. The Bertz CT molecular complexity index is 1490. The van der Waals surface area contributed by atoms with Gasteiger partial charge in [0.2, 0.25) is 0 Å². The van der Waals surface area contributed by atoms with Gasteiger partial charge >= 0.3 is 0 Å². The lowest BCUT2D eigenvalue weighted by Gasteiger charge is -2.30. The van der Waals surface area contributed by atoms with Crippen LogP contribution in [0.5, 0.6) is 5.75 Å². The molecular weight excluding hydrogens is 438 g/mol. The average molecular weight is 468 g/mol. The van der Waals surface area contributed by atoms with E-state index in [2.05, 4.69) is 30.3 Å². The number of ether oxygens (including phenoxy) is 3. The standard InChI is InChI=1S/C30H29NO4/c1-17(32)29(35-30(2,3)4)27-23-16-33-15-22(23)19-7-5-6-8-20(19)26(27)21-9-10-24-25-18(12-14-34-24)11-13-31-28(21)25/h5-11,13,29H,12,14-16H2,1-4H3. The summed E-state index contributed by atoms with van der Waals surface area (Å²) in [5.41, 5.74) is 6.71. The Balaban J connectivity index is 1.76. The molecule has 0 saturated heterocycles. The summed E-state index contributed by atoms with van der Waals surface area (Å²) in [6.07, 6.45) is 2.01. The predicted molar refractivity (Wildman–Crippen MR) is 137 cm³/mol. The third-order valence-electron chi connectivity index (χ3n) is 6.91. The third-order valence-corrected chi connectivity index (χ3v) is 6.91. The Morgan fingerprint density at radius 3 is 2.57 bits per heavy atom. The van der Waals surface area contributed by atoms with Crippen molar-refractivity contribution in [2.75, 3.05) is 6.61 Å². The van der Waals surface area contributed by atoms with Crippen LogP contribution in [0.15, 0.2) is 48.7 Å². The molecule has 0 N–H and O–H groups in total. The SMILES string of the molecule is CC(=O)C(OC(C)(C)C)c1c2c(c3ccccc3c1-c1ccc3c4c(ccnc14)CCO3)COC2. The first-order chi connectivity index (χ1) is 16.8. The molecule has 1 aromatic heterocycles. The van der Waals surface area contributed by atoms with Gasteiger partial charge in [0.05, 0.1) is 30.9 Å². The molecule has 4 aromatic rings. The maximum absolute atomic E-state index is 13.2. The van der Waals surface area contributed by atoms with Crippen molar-refractivity contribution in [3.63, 3.8) is 0 Å². The van der Waals surface area contributed by atoms with Gasteiger partial charge in [-0.15, -0.1) is 0 Å². The highest BCUT2D eigenvalue weighted by molar-refractivity contribution is 6.10. The molecule has 35 heavy (non-hydrogen) atoms. The molecule has 6 rings (SSSR count). The highest BCUT2D eigenvalue weighted by Crippen LogP contribution is 2.48. The quantitative estimate of drug-likeness (QED) is 0.344. The average Bonchev–Trinajstić information content (AvgIpc) is 3.32. The van der Waals surface area contributed by atoms with Crippen LogP contribution >= 0.6 is 0 Å². The number of fused-ring (bicyclic) bond motifs is 3. The van der Waals surface area contributed by atoms with Gasteiger partial charge in [0.25, 0.3) is 0 Å². The summed E-state index contributed by atoms with van der Waals surface area (Å²) in [6.45, 7) is 9.23. The van der Waals surface area contributed by atoms with Crippen LogP contribution < -0.4 is 4.74 Å². The molecule has 2 aliphatic rings. The summed E-state index contributed by atoms with van der Waals surface area (Å²) < 4.78 is 18.4. The lowest BCUT2D eigenvalue weighted by Crippen LogP contribution is -2.27. The van der Waals surface area contributed by atoms with Gasteiger partial charge in [0.15, 0.2) is 5.78 Å². The number of carbonyl (C=O) groups excluding carboxylic acids is 1. The van der Waals surface area contributed by atoms with Gasteiger partial charge in [-0.3, -0.25) is 9.78 Å². The first-order valence-electron chi connectivity index (χ1n) is 12.2. The fourth-order valence-electron chi connectivity index (χ4n) is 5.55. The Labute approximate surface area is 205 Å². The van der Waals surface area contributed by atoms with Crippen LogP contribution in [0.25, 0.3) is 32.8 Å². The second-order valence-corrected chi connectivity index (χ2v) is 10.4. The molecular formula is C30H29NO4. The summed E-state index contributed by atoms with van der Waals surface area (Å²) in [4.78, 5) is 18.0. The summed E-state index contributed by atoms with van der Waals surface area (Å²) >= 11 is 0. The number of aromatic nitrogens is 1. The molecule has 2 aliphatic heterocycles. The number of nitrogens with zero attached hydrogens (tertiary/aromatic N) is 1. The van der Waals surface area contributed by atoms with Crippen molar-refractivity contribution in [2.24, 2.45) is 0 Å². The van der Waals surface area contributed by atoms with Crippen LogP contribution in [0.2, 0.25) is 0 Å². The number of pyridine rings is 1. The Morgan fingerprint density at radius 1 is 1.03 bits per heavy atom. The van der Waals surface area contributed by atoms with Crippen molar-refractivity contribution in [3.05, 3.63) is 70.9 Å². The number of hydrogen-bond acceptors (Lipinski definition) is 5. The first-order valence-corrected chi connectivity index (χ1v) is 12.2. The van der Waals surface area contributed by atoms with Crippen molar-refractivity contribution in [3.8, 4) is 16.9 Å². The number of rotatable bonds is 4.